The molecule has 0 N–H and O–H groups in total. The van der Waals surface area contributed by atoms with Crippen molar-refractivity contribution in [1.29, 1.82) is 0 Å². The monoisotopic (exact) mass is 873 g/mol. The summed E-state index contributed by atoms with van der Waals surface area (Å²) in [4.78, 5) is 24.5. The molecule has 0 saturated carbocycles. The normalized spacial score (nSPS) is 11.2. The topological polar surface area (TPSA) is 80.3 Å². The lowest BCUT2D eigenvalue weighted by atomic mass is 10.1. The molecular weight excluding hydrogens is 773 g/mol. The predicted molar refractivity (Wildman–Crippen MR) is 262 cm³/mol. The molecule has 0 aliphatic heterocycles. The van der Waals surface area contributed by atoms with Crippen LogP contribution in [0.4, 0.5) is 0 Å². The van der Waals surface area contributed by atoms with E-state index in [9.17, 15) is 9.59 Å². The standard InChI is InChI=1S/C55H100O7/c1-5-8-11-14-17-20-23-26-29-32-35-38-44-59-52-48-51(55(57)62-47-42-41-43-58-50(4)56)49-53(60-45-39-36-33-30-27-24-21-18-15-12-9-6-2)54(52)61-46-40-37-34-31-28-25-22-19-16-13-10-7-3/h48-49H,5-47H2,1-4H3. The van der Waals surface area contributed by atoms with Crippen LogP contribution in [-0.4, -0.2) is 45.0 Å². The highest BCUT2D eigenvalue weighted by Gasteiger charge is 2.20. The molecule has 0 saturated heterocycles. The maximum absolute atomic E-state index is 13.4. The van der Waals surface area contributed by atoms with E-state index < -0.39 is 5.97 Å². The molecule has 0 aliphatic carbocycles. The Morgan fingerprint density at radius 1 is 0.339 bits per heavy atom. The van der Waals surface area contributed by atoms with Crippen molar-refractivity contribution in [3.63, 3.8) is 0 Å². The molecule has 1 aromatic carbocycles. The summed E-state index contributed by atoms with van der Waals surface area (Å²) in [5.74, 6) is 1.05. The summed E-state index contributed by atoms with van der Waals surface area (Å²) in [6, 6.07) is 3.58. The lowest BCUT2D eigenvalue weighted by Crippen LogP contribution is -2.11. The number of hydrogen-bond acceptors (Lipinski definition) is 7. The first kappa shape index (κ1) is 57.6. The van der Waals surface area contributed by atoms with Crippen LogP contribution in [0.15, 0.2) is 12.1 Å². The van der Waals surface area contributed by atoms with Gasteiger partial charge in [-0.2, -0.15) is 0 Å². The molecule has 7 heteroatoms. The van der Waals surface area contributed by atoms with Crippen LogP contribution in [0, 0.1) is 0 Å². The summed E-state index contributed by atoms with van der Waals surface area (Å²) in [6.45, 7) is 10.5. The molecule has 0 spiro atoms. The van der Waals surface area contributed by atoms with Crippen molar-refractivity contribution in [1.82, 2.24) is 0 Å². The van der Waals surface area contributed by atoms with Gasteiger partial charge in [-0.1, -0.05) is 233 Å². The van der Waals surface area contributed by atoms with Gasteiger partial charge >= 0.3 is 11.9 Å². The maximum Gasteiger partial charge on any atom is 0.338 e. The number of rotatable bonds is 48. The van der Waals surface area contributed by atoms with Crippen LogP contribution in [0.1, 0.15) is 282 Å². The Morgan fingerprint density at radius 2 is 0.597 bits per heavy atom. The van der Waals surface area contributed by atoms with Crippen LogP contribution in [0.25, 0.3) is 0 Å². The Hall–Kier alpha value is -2.44. The summed E-state index contributed by atoms with van der Waals surface area (Å²) in [5, 5.41) is 0. The minimum Gasteiger partial charge on any atom is -0.490 e. The number of esters is 2. The highest BCUT2D eigenvalue weighted by Crippen LogP contribution is 2.40. The van der Waals surface area contributed by atoms with Crippen molar-refractivity contribution in [2.24, 2.45) is 0 Å². The van der Waals surface area contributed by atoms with Crippen molar-refractivity contribution in [2.45, 2.75) is 272 Å². The Morgan fingerprint density at radius 3 is 0.903 bits per heavy atom. The van der Waals surface area contributed by atoms with Gasteiger partial charge in [0.15, 0.2) is 11.5 Å². The van der Waals surface area contributed by atoms with E-state index in [-0.39, 0.29) is 12.6 Å². The molecule has 62 heavy (non-hydrogen) atoms. The smallest absolute Gasteiger partial charge is 0.338 e. The molecule has 0 aromatic heterocycles. The van der Waals surface area contributed by atoms with Crippen LogP contribution in [0.3, 0.4) is 0 Å². The summed E-state index contributed by atoms with van der Waals surface area (Å²) in [6.07, 6.45) is 47.7. The molecule has 0 aliphatic rings. The van der Waals surface area contributed by atoms with E-state index in [2.05, 4.69) is 20.8 Å². The molecule has 0 heterocycles. The van der Waals surface area contributed by atoms with Crippen LogP contribution in [0.5, 0.6) is 17.2 Å². The zero-order valence-corrected chi connectivity index (χ0v) is 41.4. The van der Waals surface area contributed by atoms with Gasteiger partial charge in [0.1, 0.15) is 0 Å². The first-order valence-corrected chi connectivity index (χ1v) is 26.9. The Kier molecular flexibility index (Phi) is 41.9. The Labute approximate surface area is 383 Å². The van der Waals surface area contributed by atoms with Crippen LogP contribution in [0.2, 0.25) is 0 Å². The largest absolute Gasteiger partial charge is 0.490 e. The average molecular weight is 873 g/mol. The molecule has 0 radical (unpaired) electrons. The minimum atomic E-state index is -0.407. The third kappa shape index (κ3) is 36.0. The lowest BCUT2D eigenvalue weighted by Gasteiger charge is -2.19. The van der Waals surface area contributed by atoms with Gasteiger partial charge in [-0.05, 0) is 44.2 Å². The number of carbonyl (C=O) groups is 2. The quantitative estimate of drug-likeness (QED) is 0.0476. The Bertz CT molecular complexity index is 1090. The molecule has 7 nitrogen and oxygen atoms in total. The molecular formula is C55H100O7. The highest BCUT2D eigenvalue weighted by atomic mass is 16.5. The SMILES string of the molecule is CCCCCCCCCCCCCCOc1cc(C(=O)OCCCCOC(C)=O)cc(OCCCCCCCCCCCCCC)c1OCCCCCCCCCCCCCC. The Balaban J connectivity index is 2.83. The van der Waals surface area contributed by atoms with Gasteiger partial charge in [0.2, 0.25) is 5.75 Å². The molecule has 0 bridgehead atoms. The van der Waals surface area contributed by atoms with Gasteiger partial charge in [-0.15, -0.1) is 0 Å². The number of unbranched alkanes of at least 4 members (excludes halogenated alkanes) is 34. The fraction of sp³-hybridized carbons (Fsp3) is 0.855. The van der Waals surface area contributed by atoms with Gasteiger partial charge in [0, 0.05) is 6.92 Å². The first-order chi connectivity index (χ1) is 30.5. The van der Waals surface area contributed by atoms with E-state index >= 15 is 0 Å². The molecule has 362 valence electrons. The molecule has 0 unspecified atom stereocenters. The van der Waals surface area contributed by atoms with E-state index in [1.165, 1.54) is 200 Å². The van der Waals surface area contributed by atoms with E-state index in [1.807, 2.05) is 0 Å². The average Bonchev–Trinajstić information content (AvgIpc) is 3.27. The van der Waals surface area contributed by atoms with Crippen molar-refractivity contribution >= 4 is 11.9 Å². The van der Waals surface area contributed by atoms with E-state index in [1.54, 1.807) is 12.1 Å². The van der Waals surface area contributed by atoms with Gasteiger partial charge in [-0.3, -0.25) is 4.79 Å². The lowest BCUT2D eigenvalue weighted by molar-refractivity contribution is -0.141. The fourth-order valence-electron chi connectivity index (χ4n) is 8.09. The maximum atomic E-state index is 13.4. The van der Waals surface area contributed by atoms with E-state index in [4.69, 9.17) is 23.7 Å². The molecule has 0 amide bonds. The van der Waals surface area contributed by atoms with Crippen LogP contribution in [-0.2, 0) is 14.3 Å². The second kappa shape index (κ2) is 45.1. The van der Waals surface area contributed by atoms with Gasteiger partial charge in [-0.25, -0.2) is 4.79 Å². The highest BCUT2D eigenvalue weighted by molar-refractivity contribution is 5.91. The molecule has 1 aromatic rings. The second-order valence-corrected chi connectivity index (χ2v) is 18.2. The summed E-state index contributed by atoms with van der Waals surface area (Å²) < 4.78 is 30.2. The number of hydrogen-bond donors (Lipinski definition) is 0. The minimum absolute atomic E-state index is 0.251. The first-order valence-electron chi connectivity index (χ1n) is 26.9. The summed E-state index contributed by atoms with van der Waals surface area (Å²) in [7, 11) is 0. The van der Waals surface area contributed by atoms with Gasteiger partial charge in [0.25, 0.3) is 0 Å². The van der Waals surface area contributed by atoms with Crippen molar-refractivity contribution in [2.75, 3.05) is 33.0 Å². The molecule has 1 rings (SSSR count). The van der Waals surface area contributed by atoms with Crippen molar-refractivity contribution in [3.8, 4) is 17.2 Å². The number of ether oxygens (including phenoxy) is 5. The van der Waals surface area contributed by atoms with Crippen LogP contribution >= 0.6 is 0 Å². The molecule has 0 fully saturated rings. The predicted octanol–water partition coefficient (Wildman–Crippen LogP) is 17.4. The van der Waals surface area contributed by atoms with Crippen molar-refractivity contribution < 1.29 is 33.3 Å². The zero-order valence-electron chi connectivity index (χ0n) is 41.4. The third-order valence-electron chi connectivity index (χ3n) is 12.1. The number of carbonyl (C=O) groups excluding carboxylic acids is 2. The second-order valence-electron chi connectivity index (χ2n) is 18.2. The summed E-state index contributed by atoms with van der Waals surface area (Å²) >= 11 is 0. The van der Waals surface area contributed by atoms with Gasteiger partial charge < -0.3 is 23.7 Å². The van der Waals surface area contributed by atoms with E-state index in [0.717, 1.165) is 38.5 Å². The number of benzene rings is 1. The van der Waals surface area contributed by atoms with E-state index in [0.29, 0.717) is 62.1 Å². The summed E-state index contributed by atoms with van der Waals surface area (Å²) in [5.41, 5.74) is 0.414. The van der Waals surface area contributed by atoms with Crippen LogP contribution < -0.4 is 14.2 Å². The fourth-order valence-corrected chi connectivity index (χ4v) is 8.09. The van der Waals surface area contributed by atoms with Gasteiger partial charge in [0.05, 0.1) is 38.6 Å². The molecule has 0 atom stereocenters. The zero-order chi connectivity index (χ0) is 44.8. The van der Waals surface area contributed by atoms with Crippen molar-refractivity contribution in [3.05, 3.63) is 17.7 Å². The third-order valence-corrected chi connectivity index (χ3v) is 12.1.